The maximum atomic E-state index is 10.6. The highest BCUT2D eigenvalue weighted by Gasteiger charge is 2.56. The van der Waals surface area contributed by atoms with Crippen molar-refractivity contribution in [2.45, 2.75) is 65.1 Å². The second kappa shape index (κ2) is 6.50. The maximum Gasteiger partial charge on any atom is 0.0752 e. The fourth-order valence-corrected chi connectivity index (χ4v) is 5.51. The molecule has 1 aromatic rings. The summed E-state index contributed by atoms with van der Waals surface area (Å²) in [5.41, 5.74) is 1.27. The Morgan fingerprint density at radius 3 is 2.54 bits per heavy atom. The number of fused-ring (bicyclic) bond motifs is 1. The van der Waals surface area contributed by atoms with E-state index in [9.17, 15) is 10.4 Å². The lowest BCUT2D eigenvalue weighted by Crippen LogP contribution is -2.57. The van der Waals surface area contributed by atoms with Gasteiger partial charge in [0, 0.05) is 12.6 Å². The van der Waals surface area contributed by atoms with Crippen molar-refractivity contribution in [3.8, 4) is 6.07 Å². The Morgan fingerprint density at radius 2 is 1.88 bits per heavy atom. The van der Waals surface area contributed by atoms with Gasteiger partial charge in [0.05, 0.1) is 18.1 Å². The number of hydrogen-bond donors (Lipinski definition) is 2. The summed E-state index contributed by atoms with van der Waals surface area (Å²) in [5, 5.41) is 23.8. The van der Waals surface area contributed by atoms with Crippen molar-refractivity contribution in [2.75, 3.05) is 0 Å². The van der Waals surface area contributed by atoms with E-state index in [0.717, 1.165) is 32.2 Å². The number of nitriles is 1. The zero-order valence-corrected chi connectivity index (χ0v) is 15.1. The van der Waals surface area contributed by atoms with Crippen LogP contribution in [0.5, 0.6) is 0 Å². The molecule has 0 saturated heterocycles. The van der Waals surface area contributed by atoms with E-state index in [0.29, 0.717) is 12.0 Å². The monoisotopic (exact) mass is 326 g/mol. The van der Waals surface area contributed by atoms with Crippen LogP contribution in [0.3, 0.4) is 0 Å². The molecule has 5 atom stereocenters. The summed E-state index contributed by atoms with van der Waals surface area (Å²) in [7, 11) is 0. The Kier molecular flexibility index (Phi) is 4.73. The largest absolute Gasteiger partial charge is 0.391 e. The summed E-state index contributed by atoms with van der Waals surface area (Å²) in [6.07, 6.45) is 3.70. The van der Waals surface area contributed by atoms with Crippen LogP contribution in [0.1, 0.15) is 52.0 Å². The van der Waals surface area contributed by atoms with Gasteiger partial charge in [-0.2, -0.15) is 5.26 Å². The van der Waals surface area contributed by atoms with Crippen molar-refractivity contribution in [1.82, 2.24) is 5.32 Å². The third-order valence-electron chi connectivity index (χ3n) is 6.69. The van der Waals surface area contributed by atoms with Crippen LogP contribution >= 0.6 is 0 Å². The highest BCUT2D eigenvalue weighted by Crippen LogP contribution is 2.59. The molecule has 0 aromatic heterocycles. The average molecular weight is 326 g/mol. The number of rotatable bonds is 3. The van der Waals surface area contributed by atoms with Gasteiger partial charge in [-0.25, -0.2) is 0 Å². The summed E-state index contributed by atoms with van der Waals surface area (Å²) in [5.74, 6) is 0.244. The Balaban J connectivity index is 1.70. The minimum Gasteiger partial charge on any atom is -0.391 e. The van der Waals surface area contributed by atoms with Crippen molar-refractivity contribution < 1.29 is 5.11 Å². The molecule has 130 valence electrons. The topological polar surface area (TPSA) is 56.0 Å². The summed E-state index contributed by atoms with van der Waals surface area (Å²) in [4.78, 5) is 0. The third kappa shape index (κ3) is 3.10. The van der Waals surface area contributed by atoms with Gasteiger partial charge in [-0.05, 0) is 48.0 Å². The lowest BCUT2D eigenvalue weighted by atomic mass is 9.48. The molecule has 2 N–H and O–H groups in total. The summed E-state index contributed by atoms with van der Waals surface area (Å²) in [6.45, 7) is 7.55. The summed E-state index contributed by atoms with van der Waals surface area (Å²) >= 11 is 0. The normalized spacial score (nSPS) is 38.1. The van der Waals surface area contributed by atoms with E-state index in [1.807, 2.05) is 6.07 Å². The van der Waals surface area contributed by atoms with Crippen LogP contribution in [-0.4, -0.2) is 17.3 Å². The van der Waals surface area contributed by atoms with Crippen LogP contribution in [-0.2, 0) is 6.54 Å². The van der Waals surface area contributed by atoms with Crippen LogP contribution in [0.15, 0.2) is 30.3 Å². The molecule has 1 aromatic carbocycles. The zero-order valence-electron chi connectivity index (χ0n) is 15.1. The van der Waals surface area contributed by atoms with E-state index in [1.54, 1.807) is 0 Å². The van der Waals surface area contributed by atoms with Crippen molar-refractivity contribution >= 4 is 0 Å². The molecule has 24 heavy (non-hydrogen) atoms. The molecule has 2 aliphatic carbocycles. The molecule has 2 aliphatic rings. The predicted octanol–water partition coefficient (Wildman–Crippen LogP) is 3.88. The van der Waals surface area contributed by atoms with E-state index < -0.39 is 6.10 Å². The van der Waals surface area contributed by atoms with Crippen LogP contribution < -0.4 is 5.32 Å². The second-order valence-corrected chi connectivity index (χ2v) is 8.76. The molecule has 0 heterocycles. The molecule has 0 aliphatic heterocycles. The smallest absolute Gasteiger partial charge is 0.0752 e. The van der Waals surface area contributed by atoms with Gasteiger partial charge in [0.25, 0.3) is 0 Å². The first-order chi connectivity index (χ1) is 11.4. The number of aliphatic hydroxyl groups excluding tert-OH is 1. The van der Waals surface area contributed by atoms with Gasteiger partial charge in [-0.1, -0.05) is 51.1 Å². The van der Waals surface area contributed by atoms with Gasteiger partial charge in [-0.15, -0.1) is 0 Å². The molecular weight excluding hydrogens is 296 g/mol. The molecule has 3 rings (SSSR count). The third-order valence-corrected chi connectivity index (χ3v) is 6.69. The van der Waals surface area contributed by atoms with E-state index in [1.165, 1.54) is 5.56 Å². The molecule has 3 nitrogen and oxygen atoms in total. The molecular formula is C21H30N2O. The summed E-state index contributed by atoms with van der Waals surface area (Å²) in [6, 6.07) is 13.4. The van der Waals surface area contributed by atoms with E-state index in [4.69, 9.17) is 0 Å². The number of aliphatic hydroxyl groups is 1. The lowest BCUT2D eigenvalue weighted by molar-refractivity contribution is -0.136. The van der Waals surface area contributed by atoms with Crippen LogP contribution in [0.2, 0.25) is 0 Å². The Bertz CT molecular complexity index is 606. The SMILES string of the molecule is CC1(C)C(O)C(C#N)C[C@]2(C)C[C@@H](NCc3ccccc3)CC[C@@H]12. The first-order valence-corrected chi connectivity index (χ1v) is 9.22. The molecule has 2 unspecified atom stereocenters. The van der Waals surface area contributed by atoms with Gasteiger partial charge in [-0.3, -0.25) is 0 Å². The van der Waals surface area contributed by atoms with Gasteiger partial charge in [0.2, 0.25) is 0 Å². The fourth-order valence-electron chi connectivity index (χ4n) is 5.51. The minimum atomic E-state index is -0.505. The Morgan fingerprint density at radius 1 is 1.17 bits per heavy atom. The highest BCUT2D eigenvalue weighted by atomic mass is 16.3. The van der Waals surface area contributed by atoms with Crippen LogP contribution in [0.4, 0.5) is 0 Å². The minimum absolute atomic E-state index is 0.135. The lowest BCUT2D eigenvalue weighted by Gasteiger charge is -2.58. The molecule has 0 bridgehead atoms. The number of nitrogens with one attached hydrogen (secondary N) is 1. The number of hydrogen-bond acceptors (Lipinski definition) is 3. The molecule has 0 spiro atoms. The molecule has 0 radical (unpaired) electrons. The first-order valence-electron chi connectivity index (χ1n) is 9.22. The van der Waals surface area contributed by atoms with Crippen molar-refractivity contribution in [3.05, 3.63) is 35.9 Å². The van der Waals surface area contributed by atoms with Crippen molar-refractivity contribution in [1.29, 1.82) is 5.26 Å². The van der Waals surface area contributed by atoms with Crippen molar-refractivity contribution in [3.63, 3.8) is 0 Å². The van der Waals surface area contributed by atoms with Gasteiger partial charge >= 0.3 is 0 Å². The summed E-state index contributed by atoms with van der Waals surface area (Å²) < 4.78 is 0. The molecule has 2 fully saturated rings. The fraction of sp³-hybridized carbons (Fsp3) is 0.667. The average Bonchev–Trinajstić information content (AvgIpc) is 2.57. The standard InChI is InChI=1S/C21H30N2O/c1-20(2)18-10-9-17(23-14-15-7-5-4-6-8-15)12-21(18,3)11-16(13-22)19(20)24/h4-8,16-19,23-24H,9-12,14H2,1-3H3/t16?,17-,18-,19?,21+/m0/s1. The molecule has 0 amide bonds. The predicted molar refractivity (Wildman–Crippen MR) is 96.0 cm³/mol. The number of benzene rings is 1. The van der Waals surface area contributed by atoms with E-state index in [2.05, 4.69) is 56.4 Å². The quantitative estimate of drug-likeness (QED) is 0.886. The highest BCUT2D eigenvalue weighted by molar-refractivity contribution is 5.15. The maximum absolute atomic E-state index is 10.6. The van der Waals surface area contributed by atoms with Gasteiger partial charge in [0.15, 0.2) is 0 Å². The van der Waals surface area contributed by atoms with Crippen LogP contribution in [0, 0.1) is 34.0 Å². The Labute approximate surface area is 146 Å². The zero-order chi connectivity index (χ0) is 17.4. The first kappa shape index (κ1) is 17.5. The Hall–Kier alpha value is -1.37. The molecule has 2 saturated carbocycles. The molecule has 3 heteroatoms. The van der Waals surface area contributed by atoms with Crippen molar-refractivity contribution in [2.24, 2.45) is 22.7 Å². The van der Waals surface area contributed by atoms with Gasteiger partial charge in [0.1, 0.15) is 0 Å². The van der Waals surface area contributed by atoms with E-state index in [-0.39, 0.29) is 16.7 Å². The van der Waals surface area contributed by atoms with E-state index >= 15 is 0 Å². The second-order valence-electron chi connectivity index (χ2n) is 8.76. The number of nitrogens with zero attached hydrogens (tertiary/aromatic N) is 1. The van der Waals surface area contributed by atoms with Crippen LogP contribution in [0.25, 0.3) is 0 Å². The van der Waals surface area contributed by atoms with Gasteiger partial charge < -0.3 is 10.4 Å².